The van der Waals surface area contributed by atoms with Crippen LogP contribution in [0.25, 0.3) is 0 Å². The lowest BCUT2D eigenvalue weighted by Gasteiger charge is -2.12. The Labute approximate surface area is 102 Å². The van der Waals surface area contributed by atoms with Crippen molar-refractivity contribution in [2.24, 2.45) is 0 Å². The van der Waals surface area contributed by atoms with Crippen molar-refractivity contribution in [3.63, 3.8) is 0 Å². The first kappa shape index (κ1) is 12.4. The molecule has 1 heterocycles. The lowest BCUT2D eigenvalue weighted by Crippen LogP contribution is -2.04. The maximum Gasteiger partial charge on any atom is 0.122 e. The van der Waals surface area contributed by atoms with Crippen LogP contribution in [0.1, 0.15) is 37.0 Å². The molecule has 1 N–H and O–H groups in total. The zero-order valence-electron chi connectivity index (χ0n) is 10.3. The molecule has 17 heavy (non-hydrogen) atoms. The Bertz CT molecular complexity index is 362. The van der Waals surface area contributed by atoms with E-state index in [0.717, 1.165) is 37.4 Å². The predicted octanol–water partition coefficient (Wildman–Crippen LogP) is 2.47. The molecule has 0 saturated carbocycles. The molecule has 2 rings (SSSR count). The number of ether oxygens (including phenoxy) is 2. The van der Waals surface area contributed by atoms with Crippen LogP contribution in [0.5, 0.6) is 5.75 Å². The van der Waals surface area contributed by atoms with Crippen LogP contribution in [0.4, 0.5) is 0 Å². The Morgan fingerprint density at radius 2 is 2.29 bits per heavy atom. The van der Waals surface area contributed by atoms with Crippen molar-refractivity contribution in [2.75, 3.05) is 19.8 Å². The Kier molecular flexibility index (Phi) is 4.40. The number of hydrogen-bond donors (Lipinski definition) is 1. The first-order valence-electron chi connectivity index (χ1n) is 6.32. The summed E-state index contributed by atoms with van der Waals surface area (Å²) in [7, 11) is 0. The molecule has 0 saturated heterocycles. The summed E-state index contributed by atoms with van der Waals surface area (Å²) >= 11 is 0. The van der Waals surface area contributed by atoms with Crippen LogP contribution in [-0.4, -0.2) is 24.9 Å². The first-order valence-corrected chi connectivity index (χ1v) is 6.32. The fraction of sp³-hybridized carbons (Fsp3) is 0.571. The Balaban J connectivity index is 1.88. The van der Waals surface area contributed by atoms with Crippen molar-refractivity contribution in [2.45, 2.75) is 32.3 Å². The minimum absolute atomic E-state index is 0.433. The molecular formula is C14H20O3. The largest absolute Gasteiger partial charge is 0.493 e. The quantitative estimate of drug-likeness (QED) is 0.771. The van der Waals surface area contributed by atoms with E-state index in [0.29, 0.717) is 13.0 Å². The highest BCUT2D eigenvalue weighted by Gasteiger charge is 2.15. The second kappa shape index (κ2) is 6.03. The number of aliphatic hydroxyl groups excluding tert-OH is 1. The van der Waals surface area contributed by atoms with E-state index in [-0.39, 0.29) is 0 Å². The van der Waals surface area contributed by atoms with Gasteiger partial charge in [-0.25, -0.2) is 0 Å². The molecule has 0 amide bonds. The maximum absolute atomic E-state index is 10.0. The number of fused-ring (bicyclic) bond motifs is 1. The van der Waals surface area contributed by atoms with E-state index < -0.39 is 6.10 Å². The molecule has 0 aromatic heterocycles. The zero-order chi connectivity index (χ0) is 12.1. The first-order chi connectivity index (χ1) is 8.31. The van der Waals surface area contributed by atoms with Crippen LogP contribution in [0.3, 0.4) is 0 Å². The summed E-state index contributed by atoms with van der Waals surface area (Å²) < 4.78 is 10.8. The smallest absolute Gasteiger partial charge is 0.122 e. The summed E-state index contributed by atoms with van der Waals surface area (Å²) in [5, 5.41) is 10.0. The molecule has 1 aliphatic rings. The highest BCUT2D eigenvalue weighted by atomic mass is 16.5. The van der Waals surface area contributed by atoms with E-state index >= 15 is 0 Å². The molecule has 0 radical (unpaired) electrons. The number of rotatable bonds is 6. The summed E-state index contributed by atoms with van der Waals surface area (Å²) in [5.74, 6) is 0.961. The van der Waals surface area contributed by atoms with Crippen molar-refractivity contribution in [1.82, 2.24) is 0 Å². The third kappa shape index (κ3) is 3.20. The van der Waals surface area contributed by atoms with E-state index in [1.54, 1.807) is 0 Å². The number of aliphatic hydroxyl groups is 1. The molecule has 94 valence electrons. The normalized spacial score (nSPS) is 15.4. The van der Waals surface area contributed by atoms with Crippen molar-refractivity contribution < 1.29 is 14.6 Å². The van der Waals surface area contributed by atoms with E-state index in [9.17, 15) is 5.11 Å². The van der Waals surface area contributed by atoms with E-state index in [1.807, 2.05) is 18.2 Å². The van der Waals surface area contributed by atoms with Gasteiger partial charge in [0.25, 0.3) is 0 Å². The molecule has 1 aromatic rings. The second-order valence-corrected chi connectivity index (χ2v) is 4.38. The molecule has 0 fully saturated rings. The van der Waals surface area contributed by atoms with Gasteiger partial charge in [0.15, 0.2) is 0 Å². The fourth-order valence-electron chi connectivity index (χ4n) is 2.02. The fourth-order valence-corrected chi connectivity index (χ4v) is 2.02. The second-order valence-electron chi connectivity index (χ2n) is 4.38. The number of benzene rings is 1. The topological polar surface area (TPSA) is 38.7 Å². The predicted molar refractivity (Wildman–Crippen MR) is 66.3 cm³/mol. The molecule has 0 aliphatic carbocycles. The highest BCUT2D eigenvalue weighted by molar-refractivity contribution is 5.40. The van der Waals surface area contributed by atoms with Gasteiger partial charge in [-0.15, -0.1) is 0 Å². The van der Waals surface area contributed by atoms with Crippen molar-refractivity contribution in [1.29, 1.82) is 0 Å². The Hall–Kier alpha value is -1.06. The minimum Gasteiger partial charge on any atom is -0.493 e. The molecule has 3 nitrogen and oxygen atoms in total. The molecule has 1 aromatic carbocycles. The van der Waals surface area contributed by atoms with Crippen molar-refractivity contribution >= 4 is 0 Å². The van der Waals surface area contributed by atoms with Crippen molar-refractivity contribution in [3.05, 3.63) is 29.3 Å². The SMILES string of the molecule is CCCOCCC(O)c1ccc2c(c1)CCO2. The van der Waals surface area contributed by atoms with Crippen LogP contribution in [0.15, 0.2) is 18.2 Å². The number of hydrogen-bond acceptors (Lipinski definition) is 3. The van der Waals surface area contributed by atoms with Gasteiger partial charge in [-0.2, -0.15) is 0 Å². The van der Waals surface area contributed by atoms with Gasteiger partial charge in [0, 0.05) is 26.1 Å². The van der Waals surface area contributed by atoms with Gasteiger partial charge < -0.3 is 14.6 Å². The molecule has 3 heteroatoms. The van der Waals surface area contributed by atoms with Crippen LogP contribution in [0.2, 0.25) is 0 Å². The summed E-state index contributed by atoms with van der Waals surface area (Å²) in [5.41, 5.74) is 2.17. The standard InChI is InChI=1S/C14H20O3/c1-2-7-16-8-6-13(15)11-3-4-14-12(10-11)5-9-17-14/h3-4,10,13,15H,2,5-9H2,1H3. The van der Waals surface area contributed by atoms with Gasteiger partial charge in [-0.05, 0) is 29.7 Å². The highest BCUT2D eigenvalue weighted by Crippen LogP contribution is 2.28. The Morgan fingerprint density at radius 3 is 3.12 bits per heavy atom. The van der Waals surface area contributed by atoms with Gasteiger partial charge in [0.05, 0.1) is 12.7 Å². The van der Waals surface area contributed by atoms with E-state index in [4.69, 9.17) is 9.47 Å². The third-order valence-electron chi connectivity index (χ3n) is 2.98. The summed E-state index contributed by atoms with van der Waals surface area (Å²) in [6.45, 7) is 4.22. The summed E-state index contributed by atoms with van der Waals surface area (Å²) in [6, 6.07) is 5.94. The third-order valence-corrected chi connectivity index (χ3v) is 2.98. The monoisotopic (exact) mass is 236 g/mol. The van der Waals surface area contributed by atoms with Gasteiger partial charge >= 0.3 is 0 Å². The molecule has 0 spiro atoms. The molecule has 1 atom stereocenters. The Morgan fingerprint density at radius 1 is 1.41 bits per heavy atom. The summed E-state index contributed by atoms with van der Waals surface area (Å²) in [6.07, 6.45) is 2.19. The van der Waals surface area contributed by atoms with Crippen LogP contribution in [-0.2, 0) is 11.2 Å². The van der Waals surface area contributed by atoms with Crippen LogP contribution in [0, 0.1) is 0 Å². The molecule has 0 bridgehead atoms. The maximum atomic E-state index is 10.0. The lowest BCUT2D eigenvalue weighted by atomic mass is 10.0. The zero-order valence-corrected chi connectivity index (χ0v) is 10.3. The summed E-state index contributed by atoms with van der Waals surface area (Å²) in [4.78, 5) is 0. The van der Waals surface area contributed by atoms with E-state index in [1.165, 1.54) is 5.56 Å². The van der Waals surface area contributed by atoms with Gasteiger partial charge in [0.2, 0.25) is 0 Å². The molecule has 1 unspecified atom stereocenters. The van der Waals surface area contributed by atoms with Gasteiger partial charge in [-0.3, -0.25) is 0 Å². The van der Waals surface area contributed by atoms with Crippen LogP contribution < -0.4 is 4.74 Å². The van der Waals surface area contributed by atoms with Crippen molar-refractivity contribution in [3.8, 4) is 5.75 Å². The molecular weight excluding hydrogens is 216 g/mol. The van der Waals surface area contributed by atoms with Gasteiger partial charge in [0.1, 0.15) is 5.75 Å². The minimum atomic E-state index is -0.433. The van der Waals surface area contributed by atoms with Crippen LogP contribution >= 0.6 is 0 Å². The average Bonchev–Trinajstić information content (AvgIpc) is 2.81. The molecule has 1 aliphatic heterocycles. The lowest BCUT2D eigenvalue weighted by molar-refractivity contribution is 0.0822. The van der Waals surface area contributed by atoms with E-state index in [2.05, 4.69) is 6.92 Å². The average molecular weight is 236 g/mol. The van der Waals surface area contributed by atoms with Gasteiger partial charge in [-0.1, -0.05) is 13.0 Å².